The molecule has 94 valence electrons. The van der Waals surface area contributed by atoms with Crippen molar-refractivity contribution in [3.05, 3.63) is 47.0 Å². The summed E-state index contributed by atoms with van der Waals surface area (Å²) in [6, 6.07) is 8.09. The van der Waals surface area contributed by atoms with E-state index in [9.17, 15) is 0 Å². The van der Waals surface area contributed by atoms with Gasteiger partial charge in [0.1, 0.15) is 5.82 Å². The van der Waals surface area contributed by atoms with E-state index < -0.39 is 0 Å². The zero-order valence-electron chi connectivity index (χ0n) is 10.8. The number of aryl methyl sites for hydroxylation is 2. The number of aromatic nitrogens is 2. The molecule has 1 aromatic carbocycles. The molecule has 0 saturated heterocycles. The minimum atomic E-state index is 0.848. The van der Waals surface area contributed by atoms with Crippen molar-refractivity contribution in [2.45, 2.75) is 39.2 Å². The molecule has 0 aliphatic heterocycles. The number of imidazole rings is 1. The third-order valence-electron chi connectivity index (χ3n) is 3.81. The molecule has 2 aromatic rings. The van der Waals surface area contributed by atoms with Crippen molar-refractivity contribution in [2.75, 3.05) is 5.73 Å². The average Bonchev–Trinajstić information content (AvgIpc) is 2.69. The van der Waals surface area contributed by atoms with E-state index in [2.05, 4.69) is 17.6 Å². The van der Waals surface area contributed by atoms with Crippen LogP contribution in [0.25, 0.3) is 0 Å². The highest BCUT2D eigenvalue weighted by Gasteiger charge is 2.18. The maximum atomic E-state index is 6.03. The van der Waals surface area contributed by atoms with Crippen molar-refractivity contribution in [2.24, 2.45) is 0 Å². The van der Waals surface area contributed by atoms with Crippen LogP contribution < -0.4 is 5.73 Å². The van der Waals surface area contributed by atoms with E-state index in [-0.39, 0.29) is 0 Å². The number of benzene rings is 1. The largest absolute Gasteiger partial charge is 0.398 e. The highest BCUT2D eigenvalue weighted by atomic mass is 15.1. The molecule has 1 aromatic heterocycles. The summed E-state index contributed by atoms with van der Waals surface area (Å²) in [5.74, 6) is 1.12. The third-order valence-corrected chi connectivity index (χ3v) is 3.81. The number of rotatable bonds is 2. The van der Waals surface area contributed by atoms with Crippen LogP contribution >= 0.6 is 0 Å². The van der Waals surface area contributed by atoms with Crippen LogP contribution in [-0.2, 0) is 19.4 Å². The first-order valence-electron chi connectivity index (χ1n) is 6.64. The van der Waals surface area contributed by atoms with E-state index in [0.29, 0.717) is 0 Å². The van der Waals surface area contributed by atoms with Gasteiger partial charge in [0.2, 0.25) is 0 Å². The summed E-state index contributed by atoms with van der Waals surface area (Å²) in [4.78, 5) is 4.70. The quantitative estimate of drug-likeness (QED) is 0.821. The van der Waals surface area contributed by atoms with Crippen molar-refractivity contribution in [3.63, 3.8) is 0 Å². The normalized spacial score (nSPS) is 14.5. The van der Waals surface area contributed by atoms with Gasteiger partial charge < -0.3 is 10.3 Å². The Morgan fingerprint density at radius 1 is 1.22 bits per heavy atom. The Morgan fingerprint density at radius 2 is 2.00 bits per heavy atom. The van der Waals surface area contributed by atoms with Gasteiger partial charge in [-0.25, -0.2) is 4.98 Å². The van der Waals surface area contributed by atoms with E-state index in [1.807, 2.05) is 18.2 Å². The van der Waals surface area contributed by atoms with E-state index >= 15 is 0 Å². The van der Waals surface area contributed by atoms with Gasteiger partial charge in [0.05, 0.1) is 12.2 Å². The number of nitrogen functional groups attached to an aromatic ring is 1. The Balaban J connectivity index is 1.98. The Morgan fingerprint density at radius 3 is 2.83 bits per heavy atom. The van der Waals surface area contributed by atoms with E-state index in [1.54, 1.807) is 0 Å². The molecule has 0 fully saturated rings. The molecule has 1 aliphatic rings. The number of hydrogen-bond donors (Lipinski definition) is 1. The van der Waals surface area contributed by atoms with Crippen LogP contribution in [0.3, 0.4) is 0 Å². The second-order valence-electron chi connectivity index (χ2n) is 5.04. The summed E-state index contributed by atoms with van der Waals surface area (Å²) in [6.07, 6.45) is 4.84. The minimum Gasteiger partial charge on any atom is -0.398 e. The first-order chi connectivity index (χ1) is 8.75. The van der Waals surface area contributed by atoms with Gasteiger partial charge in [-0.05, 0) is 44.2 Å². The van der Waals surface area contributed by atoms with Crippen LogP contribution in [0.15, 0.2) is 24.3 Å². The number of anilines is 1. The summed E-state index contributed by atoms with van der Waals surface area (Å²) in [6.45, 7) is 2.94. The summed E-state index contributed by atoms with van der Waals surface area (Å²) in [5.41, 5.74) is 10.8. The maximum Gasteiger partial charge on any atom is 0.106 e. The van der Waals surface area contributed by atoms with Gasteiger partial charge in [-0.3, -0.25) is 0 Å². The summed E-state index contributed by atoms with van der Waals surface area (Å²) < 4.78 is 2.33. The van der Waals surface area contributed by atoms with Gasteiger partial charge in [0.25, 0.3) is 0 Å². The Kier molecular flexibility index (Phi) is 2.82. The lowest BCUT2D eigenvalue weighted by Gasteiger charge is -2.15. The molecule has 3 rings (SSSR count). The van der Waals surface area contributed by atoms with Gasteiger partial charge >= 0.3 is 0 Å². The lowest BCUT2D eigenvalue weighted by atomic mass is 10.0. The maximum absolute atomic E-state index is 6.03. The molecule has 3 nitrogen and oxygen atoms in total. The molecule has 2 N–H and O–H groups in total. The molecule has 1 heterocycles. The van der Waals surface area contributed by atoms with E-state index in [0.717, 1.165) is 30.9 Å². The molecule has 0 atom stereocenters. The third kappa shape index (κ3) is 1.90. The van der Waals surface area contributed by atoms with Gasteiger partial charge in [-0.1, -0.05) is 18.2 Å². The number of nitrogens with two attached hydrogens (primary N) is 1. The van der Waals surface area contributed by atoms with Gasteiger partial charge in [0, 0.05) is 11.4 Å². The molecule has 0 unspecified atom stereocenters. The van der Waals surface area contributed by atoms with Gasteiger partial charge in [0.15, 0.2) is 0 Å². The summed E-state index contributed by atoms with van der Waals surface area (Å²) in [7, 11) is 0. The predicted octanol–water partition coefficient (Wildman–Crippen LogP) is 2.70. The fourth-order valence-electron chi connectivity index (χ4n) is 2.79. The number of hydrogen-bond acceptors (Lipinski definition) is 2. The summed E-state index contributed by atoms with van der Waals surface area (Å²) >= 11 is 0. The lowest BCUT2D eigenvalue weighted by molar-refractivity contribution is 0.625. The van der Waals surface area contributed by atoms with E-state index in [1.165, 1.54) is 29.8 Å². The highest BCUT2D eigenvalue weighted by Crippen LogP contribution is 2.24. The van der Waals surface area contributed by atoms with Crippen LogP contribution in [-0.4, -0.2) is 9.55 Å². The van der Waals surface area contributed by atoms with Crippen molar-refractivity contribution in [3.8, 4) is 0 Å². The Bertz CT molecular complexity index is 569. The second kappa shape index (κ2) is 4.48. The van der Waals surface area contributed by atoms with Crippen molar-refractivity contribution >= 4 is 5.69 Å². The molecule has 0 amide bonds. The second-order valence-corrected chi connectivity index (χ2v) is 5.04. The lowest BCUT2D eigenvalue weighted by Crippen LogP contribution is -2.11. The van der Waals surface area contributed by atoms with Crippen LogP contribution in [0.2, 0.25) is 0 Å². The highest BCUT2D eigenvalue weighted by molar-refractivity contribution is 5.46. The Hall–Kier alpha value is -1.77. The number of para-hydroxylation sites is 1. The SMILES string of the molecule is Cc1nc2c(n1Cc1ccccc1N)CCCC2. The molecular formula is C15H19N3. The van der Waals surface area contributed by atoms with Crippen molar-refractivity contribution < 1.29 is 0 Å². The molecule has 0 bridgehead atoms. The Labute approximate surface area is 108 Å². The van der Waals surface area contributed by atoms with Crippen LogP contribution in [0.4, 0.5) is 5.69 Å². The zero-order chi connectivity index (χ0) is 12.5. The molecule has 0 radical (unpaired) electrons. The topological polar surface area (TPSA) is 43.8 Å². The fraction of sp³-hybridized carbons (Fsp3) is 0.400. The monoisotopic (exact) mass is 241 g/mol. The fourth-order valence-corrected chi connectivity index (χ4v) is 2.79. The van der Waals surface area contributed by atoms with Gasteiger partial charge in [-0.15, -0.1) is 0 Å². The molecule has 0 spiro atoms. The van der Waals surface area contributed by atoms with Gasteiger partial charge in [-0.2, -0.15) is 0 Å². The van der Waals surface area contributed by atoms with Crippen molar-refractivity contribution in [1.82, 2.24) is 9.55 Å². The predicted molar refractivity (Wildman–Crippen MR) is 73.6 cm³/mol. The van der Waals surface area contributed by atoms with Crippen LogP contribution in [0.5, 0.6) is 0 Å². The first kappa shape index (κ1) is 11.3. The smallest absolute Gasteiger partial charge is 0.106 e. The minimum absolute atomic E-state index is 0.848. The van der Waals surface area contributed by atoms with E-state index in [4.69, 9.17) is 10.7 Å². The molecule has 18 heavy (non-hydrogen) atoms. The molecule has 3 heteroatoms. The van der Waals surface area contributed by atoms with Crippen LogP contribution in [0.1, 0.15) is 35.6 Å². The average molecular weight is 241 g/mol. The summed E-state index contributed by atoms with van der Waals surface area (Å²) in [5, 5.41) is 0. The number of fused-ring (bicyclic) bond motifs is 1. The standard InChI is InChI=1S/C15H19N3/c1-11-17-14-8-4-5-9-15(14)18(11)10-12-6-2-3-7-13(12)16/h2-3,6-7H,4-5,8-10,16H2,1H3. The molecule has 1 aliphatic carbocycles. The first-order valence-corrected chi connectivity index (χ1v) is 6.64. The van der Waals surface area contributed by atoms with Crippen LogP contribution in [0, 0.1) is 6.92 Å². The van der Waals surface area contributed by atoms with Crippen molar-refractivity contribution in [1.29, 1.82) is 0 Å². The molecular weight excluding hydrogens is 222 g/mol. The number of nitrogens with zero attached hydrogens (tertiary/aromatic N) is 2. The molecule has 0 saturated carbocycles. The zero-order valence-corrected chi connectivity index (χ0v) is 10.8.